The number of guanidine groups is 1. The molecule has 1 aromatic carbocycles. The van der Waals surface area contributed by atoms with E-state index < -0.39 is 0 Å². The number of nitrogens with one attached hydrogen (secondary N) is 2. The molecule has 5 nitrogen and oxygen atoms in total. The molecule has 2 N–H and O–H groups in total. The molecule has 0 bridgehead atoms. The van der Waals surface area contributed by atoms with Gasteiger partial charge in [0.05, 0.1) is 13.2 Å². The van der Waals surface area contributed by atoms with Crippen LogP contribution in [0.3, 0.4) is 0 Å². The molecule has 0 atom stereocenters. The predicted octanol–water partition coefficient (Wildman–Crippen LogP) is 2.26. The Bertz CT molecular complexity index is 492. The predicted molar refractivity (Wildman–Crippen MR) is 111 cm³/mol. The summed E-state index contributed by atoms with van der Waals surface area (Å²) in [4.78, 5) is 7.04. The van der Waals surface area contributed by atoms with Crippen molar-refractivity contribution in [3.63, 3.8) is 0 Å². The summed E-state index contributed by atoms with van der Waals surface area (Å²) in [6, 6.07) is 6.65. The van der Waals surface area contributed by atoms with Crippen molar-refractivity contribution in [3.05, 3.63) is 35.6 Å². The third-order valence-electron chi connectivity index (χ3n) is 3.97. The van der Waals surface area contributed by atoms with Crippen LogP contribution in [0.5, 0.6) is 0 Å². The normalized spacial score (nSPS) is 15.5. The maximum absolute atomic E-state index is 12.9. The second kappa shape index (κ2) is 13.3. The van der Waals surface area contributed by atoms with E-state index in [1.165, 1.54) is 12.1 Å². The molecule has 1 aromatic rings. The lowest BCUT2D eigenvalue weighted by Crippen LogP contribution is -2.39. The SMILES string of the molecule is CCNC(=NCCCN1CCOCC1)NCCc1ccc(F)cc1.I. The summed E-state index contributed by atoms with van der Waals surface area (Å²) in [6.45, 7) is 9.30. The van der Waals surface area contributed by atoms with Gasteiger partial charge in [0.2, 0.25) is 0 Å². The number of hydrogen-bond donors (Lipinski definition) is 2. The van der Waals surface area contributed by atoms with E-state index in [1.807, 2.05) is 12.1 Å². The molecule has 0 aliphatic carbocycles. The smallest absolute Gasteiger partial charge is 0.191 e. The van der Waals surface area contributed by atoms with Crippen LogP contribution in [0, 0.1) is 5.82 Å². The molecule has 0 amide bonds. The number of aliphatic imine (C=N–C) groups is 1. The first kappa shape index (κ1) is 22.1. The van der Waals surface area contributed by atoms with Crippen molar-refractivity contribution in [2.75, 3.05) is 52.5 Å². The summed E-state index contributed by atoms with van der Waals surface area (Å²) in [5, 5.41) is 6.60. The van der Waals surface area contributed by atoms with E-state index in [-0.39, 0.29) is 29.8 Å². The molecule has 25 heavy (non-hydrogen) atoms. The van der Waals surface area contributed by atoms with Gasteiger partial charge in [0.1, 0.15) is 5.82 Å². The largest absolute Gasteiger partial charge is 0.379 e. The second-order valence-corrected chi connectivity index (χ2v) is 5.87. The van der Waals surface area contributed by atoms with Gasteiger partial charge >= 0.3 is 0 Å². The van der Waals surface area contributed by atoms with Crippen LogP contribution < -0.4 is 10.6 Å². The van der Waals surface area contributed by atoms with E-state index in [4.69, 9.17) is 4.74 Å². The molecule has 1 fully saturated rings. The summed E-state index contributed by atoms with van der Waals surface area (Å²) in [7, 11) is 0. The third kappa shape index (κ3) is 9.37. The van der Waals surface area contributed by atoms with Gasteiger partial charge in [-0.3, -0.25) is 9.89 Å². The highest BCUT2D eigenvalue weighted by atomic mass is 127. The Morgan fingerprint density at radius 1 is 1.20 bits per heavy atom. The topological polar surface area (TPSA) is 48.9 Å². The fourth-order valence-electron chi connectivity index (χ4n) is 2.63. The molecule has 0 aromatic heterocycles. The lowest BCUT2D eigenvalue weighted by molar-refractivity contribution is 0.0377. The first-order valence-electron chi connectivity index (χ1n) is 8.84. The van der Waals surface area contributed by atoms with Crippen LogP contribution in [0.15, 0.2) is 29.3 Å². The van der Waals surface area contributed by atoms with E-state index in [0.29, 0.717) is 0 Å². The number of rotatable bonds is 8. The summed E-state index contributed by atoms with van der Waals surface area (Å²) in [5.74, 6) is 0.656. The van der Waals surface area contributed by atoms with Gasteiger partial charge in [0, 0.05) is 39.3 Å². The molecule has 0 spiro atoms. The number of nitrogens with zero attached hydrogens (tertiary/aromatic N) is 2. The van der Waals surface area contributed by atoms with Gasteiger partial charge in [-0.05, 0) is 37.5 Å². The van der Waals surface area contributed by atoms with Crippen LogP contribution in [0.1, 0.15) is 18.9 Å². The zero-order valence-electron chi connectivity index (χ0n) is 15.0. The Kier molecular flexibility index (Phi) is 11.8. The highest BCUT2D eigenvalue weighted by molar-refractivity contribution is 14.0. The number of morpholine rings is 1. The molecule has 1 aliphatic heterocycles. The van der Waals surface area contributed by atoms with E-state index in [2.05, 4.69) is 27.4 Å². The van der Waals surface area contributed by atoms with Gasteiger partial charge in [-0.25, -0.2) is 4.39 Å². The number of ether oxygens (including phenoxy) is 1. The van der Waals surface area contributed by atoms with Gasteiger partial charge in [0.25, 0.3) is 0 Å². The summed E-state index contributed by atoms with van der Waals surface area (Å²) in [6.07, 6.45) is 1.90. The molecule has 1 heterocycles. The van der Waals surface area contributed by atoms with E-state index in [9.17, 15) is 4.39 Å². The number of benzene rings is 1. The minimum atomic E-state index is -0.193. The molecule has 1 saturated heterocycles. The molecular formula is C18H30FIN4O. The summed E-state index contributed by atoms with van der Waals surface area (Å²) >= 11 is 0. The van der Waals surface area contributed by atoms with Crippen molar-refractivity contribution >= 4 is 29.9 Å². The maximum atomic E-state index is 12.9. The van der Waals surface area contributed by atoms with Crippen LogP contribution in [0.2, 0.25) is 0 Å². The monoisotopic (exact) mass is 464 g/mol. The van der Waals surface area contributed by atoms with Crippen molar-refractivity contribution in [1.82, 2.24) is 15.5 Å². The molecular weight excluding hydrogens is 434 g/mol. The Morgan fingerprint density at radius 2 is 1.92 bits per heavy atom. The summed E-state index contributed by atoms with van der Waals surface area (Å²) in [5.41, 5.74) is 1.12. The van der Waals surface area contributed by atoms with E-state index in [0.717, 1.165) is 76.8 Å². The number of hydrogen-bond acceptors (Lipinski definition) is 3. The molecule has 0 unspecified atom stereocenters. The van der Waals surface area contributed by atoms with Gasteiger partial charge in [0.15, 0.2) is 5.96 Å². The average molecular weight is 464 g/mol. The molecule has 0 saturated carbocycles. The summed E-state index contributed by atoms with van der Waals surface area (Å²) < 4.78 is 18.2. The fourth-order valence-corrected chi connectivity index (χ4v) is 2.63. The van der Waals surface area contributed by atoms with Gasteiger partial charge in [-0.15, -0.1) is 24.0 Å². The first-order chi connectivity index (χ1) is 11.8. The highest BCUT2D eigenvalue weighted by Crippen LogP contribution is 2.02. The second-order valence-electron chi connectivity index (χ2n) is 5.87. The Hall–Kier alpha value is -0.930. The van der Waals surface area contributed by atoms with Crippen molar-refractivity contribution in [2.45, 2.75) is 19.8 Å². The zero-order chi connectivity index (χ0) is 17.0. The highest BCUT2D eigenvalue weighted by Gasteiger charge is 2.09. The van der Waals surface area contributed by atoms with Crippen LogP contribution in [0.4, 0.5) is 4.39 Å². The standard InChI is InChI=1S/C18H29FN4O.HI/c1-2-20-18(21-9-3-11-23-12-14-24-15-13-23)22-10-8-16-4-6-17(19)7-5-16;/h4-7H,2-3,8-15H2,1H3,(H2,20,21,22);1H. The molecule has 142 valence electrons. The Morgan fingerprint density at radius 3 is 2.60 bits per heavy atom. The fraction of sp³-hybridized carbons (Fsp3) is 0.611. The van der Waals surface area contributed by atoms with Crippen LogP contribution in [0.25, 0.3) is 0 Å². The molecule has 1 aliphatic rings. The maximum Gasteiger partial charge on any atom is 0.191 e. The van der Waals surface area contributed by atoms with Crippen LogP contribution in [-0.2, 0) is 11.2 Å². The minimum absolute atomic E-state index is 0. The zero-order valence-corrected chi connectivity index (χ0v) is 17.3. The average Bonchev–Trinajstić information content (AvgIpc) is 2.61. The van der Waals surface area contributed by atoms with Crippen molar-refractivity contribution < 1.29 is 9.13 Å². The minimum Gasteiger partial charge on any atom is -0.379 e. The first-order valence-corrected chi connectivity index (χ1v) is 8.84. The van der Waals surface area contributed by atoms with Gasteiger partial charge < -0.3 is 15.4 Å². The lowest BCUT2D eigenvalue weighted by atomic mass is 10.1. The van der Waals surface area contributed by atoms with E-state index in [1.54, 1.807) is 0 Å². The van der Waals surface area contributed by atoms with Gasteiger partial charge in [-0.1, -0.05) is 12.1 Å². The number of halogens is 2. The van der Waals surface area contributed by atoms with Crippen molar-refractivity contribution in [3.8, 4) is 0 Å². The molecule has 2 rings (SSSR count). The van der Waals surface area contributed by atoms with Crippen molar-refractivity contribution in [2.24, 2.45) is 4.99 Å². The van der Waals surface area contributed by atoms with Crippen LogP contribution in [-0.4, -0.2) is 63.3 Å². The Balaban J connectivity index is 0.00000312. The van der Waals surface area contributed by atoms with Crippen molar-refractivity contribution in [1.29, 1.82) is 0 Å². The van der Waals surface area contributed by atoms with Crippen LogP contribution >= 0.6 is 24.0 Å². The van der Waals surface area contributed by atoms with Gasteiger partial charge in [-0.2, -0.15) is 0 Å². The molecule has 0 radical (unpaired) electrons. The third-order valence-corrected chi connectivity index (χ3v) is 3.97. The van der Waals surface area contributed by atoms with E-state index >= 15 is 0 Å². The quantitative estimate of drug-likeness (QED) is 0.268. The Labute approximate surface area is 167 Å². The molecule has 7 heteroatoms. The lowest BCUT2D eigenvalue weighted by Gasteiger charge is -2.26.